The Labute approximate surface area is 122 Å². The molecule has 4 nitrogen and oxygen atoms in total. The third-order valence-electron chi connectivity index (χ3n) is 3.04. The minimum atomic E-state index is -0.626. The highest BCUT2D eigenvalue weighted by molar-refractivity contribution is 5.69. The second-order valence-corrected chi connectivity index (χ2v) is 6.49. The Kier molecular flexibility index (Phi) is 5.40. The minimum absolute atomic E-state index is 0.0147. The molecular formula is C16H27NO3. The van der Waals surface area contributed by atoms with Crippen LogP contribution in [-0.2, 0) is 9.47 Å². The third-order valence-corrected chi connectivity index (χ3v) is 3.04. The van der Waals surface area contributed by atoms with E-state index in [1.54, 1.807) is 4.90 Å². The molecule has 1 atom stereocenters. The van der Waals surface area contributed by atoms with Gasteiger partial charge in [-0.15, -0.1) is 6.58 Å². The molecule has 1 heterocycles. The van der Waals surface area contributed by atoms with Crippen LogP contribution in [0.2, 0.25) is 0 Å². The number of hydrogen-bond donors (Lipinski definition) is 0. The lowest BCUT2D eigenvalue weighted by atomic mass is 10.1. The van der Waals surface area contributed by atoms with Gasteiger partial charge in [-0.3, -0.25) is 4.90 Å². The number of allylic oxidation sites excluding steroid dienone is 2. The molecule has 114 valence electrons. The van der Waals surface area contributed by atoms with Crippen LogP contribution in [0.4, 0.5) is 4.79 Å². The quantitative estimate of drug-likeness (QED) is 0.734. The lowest BCUT2D eigenvalue weighted by molar-refractivity contribution is -0.0623. The van der Waals surface area contributed by atoms with Crippen molar-refractivity contribution in [2.45, 2.75) is 64.8 Å². The summed E-state index contributed by atoms with van der Waals surface area (Å²) >= 11 is 0. The van der Waals surface area contributed by atoms with E-state index in [1.165, 1.54) is 0 Å². The third kappa shape index (κ3) is 4.67. The van der Waals surface area contributed by atoms with Gasteiger partial charge < -0.3 is 9.47 Å². The van der Waals surface area contributed by atoms with Crippen molar-refractivity contribution in [2.24, 2.45) is 0 Å². The Balaban J connectivity index is 2.75. The van der Waals surface area contributed by atoms with E-state index < -0.39 is 11.3 Å². The van der Waals surface area contributed by atoms with Gasteiger partial charge in [0, 0.05) is 0 Å². The largest absolute Gasteiger partial charge is 0.444 e. The van der Waals surface area contributed by atoms with Gasteiger partial charge >= 0.3 is 6.09 Å². The molecule has 0 aliphatic carbocycles. The van der Waals surface area contributed by atoms with Gasteiger partial charge in [0.15, 0.2) is 0 Å². The van der Waals surface area contributed by atoms with Crippen LogP contribution in [0.3, 0.4) is 0 Å². The van der Waals surface area contributed by atoms with Crippen LogP contribution in [0.15, 0.2) is 24.8 Å². The van der Waals surface area contributed by atoms with Crippen LogP contribution < -0.4 is 0 Å². The molecule has 1 saturated heterocycles. The van der Waals surface area contributed by atoms with Crippen LogP contribution >= 0.6 is 0 Å². The van der Waals surface area contributed by atoms with E-state index in [9.17, 15) is 4.79 Å². The normalized spacial score (nSPS) is 22.2. The topological polar surface area (TPSA) is 38.8 Å². The lowest BCUT2D eigenvalue weighted by Crippen LogP contribution is -2.49. The van der Waals surface area contributed by atoms with Crippen molar-refractivity contribution in [3.63, 3.8) is 0 Å². The van der Waals surface area contributed by atoms with E-state index in [4.69, 9.17) is 9.47 Å². The predicted molar refractivity (Wildman–Crippen MR) is 80.5 cm³/mol. The number of hydrogen-bond acceptors (Lipinski definition) is 3. The van der Waals surface area contributed by atoms with E-state index in [1.807, 2.05) is 46.8 Å². The average Bonchev–Trinajstić information content (AvgIpc) is 2.58. The Morgan fingerprint density at radius 3 is 2.65 bits per heavy atom. The molecule has 1 fully saturated rings. The number of nitrogens with zero attached hydrogens (tertiary/aromatic N) is 1. The van der Waals surface area contributed by atoms with Gasteiger partial charge in [0.25, 0.3) is 0 Å². The fourth-order valence-electron chi connectivity index (χ4n) is 2.18. The van der Waals surface area contributed by atoms with Gasteiger partial charge in [0.2, 0.25) is 0 Å². The molecule has 0 aromatic carbocycles. The molecule has 1 amide bonds. The second kappa shape index (κ2) is 6.44. The fraction of sp³-hybridized carbons (Fsp3) is 0.688. The molecule has 0 spiro atoms. The van der Waals surface area contributed by atoms with Crippen molar-refractivity contribution in [3.05, 3.63) is 24.8 Å². The highest BCUT2D eigenvalue weighted by Gasteiger charge is 2.45. The zero-order chi connectivity index (χ0) is 15.4. The zero-order valence-electron chi connectivity index (χ0n) is 13.3. The van der Waals surface area contributed by atoms with E-state index in [-0.39, 0.29) is 12.1 Å². The van der Waals surface area contributed by atoms with E-state index >= 15 is 0 Å². The summed E-state index contributed by atoms with van der Waals surface area (Å²) in [6.45, 7) is 13.6. The predicted octanol–water partition coefficient (Wildman–Crippen LogP) is 3.88. The van der Waals surface area contributed by atoms with E-state index in [0.717, 1.165) is 12.8 Å². The molecule has 1 rings (SSSR count). The van der Waals surface area contributed by atoms with Crippen molar-refractivity contribution >= 4 is 6.09 Å². The van der Waals surface area contributed by atoms with Gasteiger partial charge in [-0.2, -0.15) is 0 Å². The van der Waals surface area contributed by atoms with Crippen LogP contribution in [-0.4, -0.2) is 35.0 Å². The first kappa shape index (κ1) is 16.8. The Hall–Kier alpha value is -1.29. The molecule has 0 unspecified atom stereocenters. The SMILES string of the molecule is C=CC/C=C/C[C@@H]1COC(C)(C)N1C(=O)OC(C)(C)C. The second-order valence-electron chi connectivity index (χ2n) is 6.49. The maximum Gasteiger partial charge on any atom is 0.412 e. The molecule has 0 saturated carbocycles. The Morgan fingerprint density at radius 2 is 2.10 bits per heavy atom. The smallest absolute Gasteiger partial charge is 0.412 e. The summed E-state index contributed by atoms with van der Waals surface area (Å²) in [4.78, 5) is 14.1. The van der Waals surface area contributed by atoms with E-state index in [2.05, 4.69) is 12.7 Å². The number of rotatable bonds is 4. The van der Waals surface area contributed by atoms with Crippen LogP contribution in [0.1, 0.15) is 47.5 Å². The summed E-state index contributed by atoms with van der Waals surface area (Å²) in [6.07, 6.45) is 7.24. The minimum Gasteiger partial charge on any atom is -0.444 e. The maximum absolute atomic E-state index is 12.4. The molecule has 0 bridgehead atoms. The molecule has 1 aliphatic rings. The number of amides is 1. The van der Waals surface area contributed by atoms with Crippen LogP contribution in [0.5, 0.6) is 0 Å². The van der Waals surface area contributed by atoms with Crippen molar-refractivity contribution in [2.75, 3.05) is 6.61 Å². The molecule has 20 heavy (non-hydrogen) atoms. The number of ether oxygens (including phenoxy) is 2. The van der Waals surface area contributed by atoms with Gasteiger partial charge in [-0.05, 0) is 47.5 Å². The molecule has 0 aromatic heterocycles. The van der Waals surface area contributed by atoms with Gasteiger partial charge in [-0.1, -0.05) is 18.2 Å². The molecule has 0 radical (unpaired) electrons. The van der Waals surface area contributed by atoms with Crippen molar-refractivity contribution < 1.29 is 14.3 Å². The summed E-state index contributed by atoms with van der Waals surface area (Å²) in [6, 6.07) is 0.0147. The molecule has 4 heteroatoms. The fourth-order valence-corrected chi connectivity index (χ4v) is 2.18. The molecule has 0 N–H and O–H groups in total. The first-order valence-electron chi connectivity index (χ1n) is 7.09. The van der Waals surface area contributed by atoms with Crippen molar-refractivity contribution in [3.8, 4) is 0 Å². The Morgan fingerprint density at radius 1 is 1.45 bits per heavy atom. The molecule has 0 aromatic rings. The maximum atomic E-state index is 12.4. The standard InChI is InChI=1S/C16H27NO3/c1-7-8-9-10-11-13-12-19-16(5,6)17(13)14(18)20-15(2,3)4/h7,9-10,13H,1,8,11-12H2,2-6H3/b10-9+/t13-/m1/s1. The average molecular weight is 281 g/mol. The van der Waals surface area contributed by atoms with Crippen molar-refractivity contribution in [1.29, 1.82) is 0 Å². The highest BCUT2D eigenvalue weighted by Crippen LogP contribution is 2.30. The first-order valence-corrected chi connectivity index (χ1v) is 7.09. The summed E-state index contributed by atoms with van der Waals surface area (Å²) in [5.41, 5.74) is -1.13. The molecule has 1 aliphatic heterocycles. The highest BCUT2D eigenvalue weighted by atomic mass is 16.6. The molecular weight excluding hydrogens is 254 g/mol. The lowest BCUT2D eigenvalue weighted by Gasteiger charge is -2.34. The zero-order valence-corrected chi connectivity index (χ0v) is 13.3. The van der Waals surface area contributed by atoms with Gasteiger partial charge in [-0.25, -0.2) is 4.79 Å². The summed E-state index contributed by atoms with van der Waals surface area (Å²) in [5.74, 6) is 0. The number of carbonyl (C=O) groups excluding carboxylic acids is 1. The van der Waals surface area contributed by atoms with E-state index in [0.29, 0.717) is 6.61 Å². The monoisotopic (exact) mass is 281 g/mol. The summed E-state index contributed by atoms with van der Waals surface area (Å²) in [7, 11) is 0. The van der Waals surface area contributed by atoms with Gasteiger partial charge in [0.05, 0.1) is 12.6 Å². The Bertz CT molecular complexity index is 380. The van der Waals surface area contributed by atoms with Crippen LogP contribution in [0.25, 0.3) is 0 Å². The first-order chi connectivity index (χ1) is 9.17. The summed E-state index contributed by atoms with van der Waals surface area (Å²) in [5, 5.41) is 0. The van der Waals surface area contributed by atoms with Crippen molar-refractivity contribution in [1.82, 2.24) is 4.90 Å². The van der Waals surface area contributed by atoms with Crippen LogP contribution in [0, 0.1) is 0 Å². The van der Waals surface area contributed by atoms with Gasteiger partial charge in [0.1, 0.15) is 11.3 Å². The summed E-state index contributed by atoms with van der Waals surface area (Å²) < 4.78 is 11.2. The number of carbonyl (C=O) groups is 1.